The summed E-state index contributed by atoms with van der Waals surface area (Å²) in [6.07, 6.45) is 0. The van der Waals surface area contributed by atoms with Crippen molar-refractivity contribution in [1.82, 2.24) is 5.32 Å². The molecule has 0 aromatic heterocycles. The second-order valence-electron chi connectivity index (χ2n) is 0.512. The van der Waals surface area contributed by atoms with Gasteiger partial charge < -0.3 is 5.32 Å². The minimum absolute atomic E-state index is 0.764. The Morgan fingerprint density at radius 2 is 2.25 bits per heavy atom. The molecule has 0 radical (unpaired) electrons. The molecule has 0 aliphatic rings. The van der Waals surface area contributed by atoms with Gasteiger partial charge in [-0.2, -0.15) is 12.6 Å². The van der Waals surface area contributed by atoms with Crippen molar-refractivity contribution in [3.8, 4) is 0 Å². The van der Waals surface area contributed by atoms with Gasteiger partial charge in [0, 0.05) is 5.88 Å². The van der Waals surface area contributed by atoms with Gasteiger partial charge in [0.2, 0.25) is 0 Å². The normalized spacial score (nSPS) is 7.50. The van der Waals surface area contributed by atoms with Gasteiger partial charge in [0.15, 0.2) is 0 Å². The van der Waals surface area contributed by atoms with Gasteiger partial charge in [-0.3, -0.25) is 0 Å². The summed E-state index contributed by atoms with van der Waals surface area (Å²) in [5.74, 6) is 0.764. The fourth-order valence-corrected chi connectivity index (χ4v) is 0. The lowest BCUT2D eigenvalue weighted by Crippen LogP contribution is -1.98. The molecule has 1 N–H and O–H groups in total. The third-order valence-electron chi connectivity index (χ3n) is 0.158. The highest BCUT2D eigenvalue weighted by Crippen LogP contribution is 1.53. The molecule has 0 heterocycles. The maximum Gasteiger partial charge on any atom is 0.0384 e. The van der Waals surface area contributed by atoms with Crippen LogP contribution in [0.5, 0.6) is 0 Å². The van der Waals surface area contributed by atoms with E-state index in [1.807, 2.05) is 7.05 Å². The lowest BCUT2D eigenvalue weighted by Gasteiger charge is -1.75. The third kappa shape index (κ3) is 2.31. The summed E-state index contributed by atoms with van der Waals surface area (Å²) in [6.45, 7) is 0. The van der Waals surface area contributed by atoms with Crippen molar-refractivity contribution >= 4 is 12.6 Å². The van der Waals surface area contributed by atoms with Gasteiger partial charge in [0.1, 0.15) is 0 Å². The molecule has 0 unspecified atom stereocenters. The largest absolute Gasteiger partial charge is 0.311 e. The molecule has 0 aromatic rings. The molecule has 1 nitrogen and oxygen atoms in total. The zero-order valence-electron chi connectivity index (χ0n) is 2.65. The molecule has 0 rings (SSSR count). The van der Waals surface area contributed by atoms with E-state index in [-0.39, 0.29) is 0 Å². The number of rotatable bonds is 1. The average molecular weight is 77.2 g/mol. The van der Waals surface area contributed by atoms with E-state index in [1.165, 1.54) is 0 Å². The van der Waals surface area contributed by atoms with E-state index in [4.69, 9.17) is 0 Å². The summed E-state index contributed by atoms with van der Waals surface area (Å²) in [4.78, 5) is 0. The summed E-state index contributed by atoms with van der Waals surface area (Å²) < 4.78 is 0. The first kappa shape index (κ1) is 4.31. The van der Waals surface area contributed by atoms with E-state index in [1.54, 1.807) is 0 Å². The predicted octanol–water partition coefficient (Wildman–Crippen LogP) is 0.0931. The molecule has 0 bridgehead atoms. The molecule has 0 saturated heterocycles. The van der Waals surface area contributed by atoms with Crippen molar-refractivity contribution in [3.63, 3.8) is 0 Å². The minimum atomic E-state index is 0.764. The topological polar surface area (TPSA) is 12.0 Å². The first-order valence-corrected chi connectivity index (χ1v) is 1.80. The van der Waals surface area contributed by atoms with Crippen LogP contribution in [0.1, 0.15) is 0 Å². The van der Waals surface area contributed by atoms with Crippen LogP contribution in [-0.4, -0.2) is 12.9 Å². The van der Waals surface area contributed by atoms with Crippen molar-refractivity contribution in [2.75, 3.05) is 12.9 Å². The van der Waals surface area contributed by atoms with Crippen LogP contribution in [0.15, 0.2) is 0 Å². The van der Waals surface area contributed by atoms with E-state index in [0.29, 0.717) is 0 Å². The van der Waals surface area contributed by atoms with Gasteiger partial charge in [-0.25, -0.2) is 0 Å². The SMILES string of the molecule is CNCS. The second-order valence-corrected chi connectivity index (χ2v) is 0.828. The summed E-state index contributed by atoms with van der Waals surface area (Å²) in [5, 5.41) is 2.79. The Morgan fingerprint density at radius 1 is 2.00 bits per heavy atom. The van der Waals surface area contributed by atoms with Gasteiger partial charge >= 0.3 is 0 Å². The number of hydrogen-bond acceptors (Lipinski definition) is 2. The highest BCUT2D eigenvalue weighted by molar-refractivity contribution is 7.80. The Hall–Kier alpha value is 0.310. The Labute approximate surface area is 31.8 Å². The average Bonchev–Trinajstić information content (AvgIpc) is 1.37. The Balaban J connectivity index is 1.97. The van der Waals surface area contributed by atoms with Crippen LogP contribution in [0.3, 0.4) is 0 Å². The summed E-state index contributed by atoms with van der Waals surface area (Å²) >= 11 is 3.81. The molecular formula is C2H7NS. The van der Waals surface area contributed by atoms with Crippen LogP contribution in [0.25, 0.3) is 0 Å². The zero-order valence-corrected chi connectivity index (χ0v) is 3.55. The standard InChI is InChI=1S/C2H7NS/c1-3-2-4/h3-4H,2H2,1H3. The van der Waals surface area contributed by atoms with Crippen LogP contribution in [-0.2, 0) is 0 Å². The van der Waals surface area contributed by atoms with E-state index >= 15 is 0 Å². The van der Waals surface area contributed by atoms with E-state index in [0.717, 1.165) is 5.88 Å². The predicted molar refractivity (Wildman–Crippen MR) is 22.9 cm³/mol. The lowest BCUT2D eigenvalue weighted by molar-refractivity contribution is 0.988. The Morgan fingerprint density at radius 3 is 2.25 bits per heavy atom. The first-order valence-electron chi connectivity index (χ1n) is 1.17. The molecule has 0 saturated carbocycles. The molecule has 0 aliphatic heterocycles. The molecule has 0 aromatic carbocycles. The van der Waals surface area contributed by atoms with Crippen molar-refractivity contribution in [2.24, 2.45) is 0 Å². The molecular weight excluding hydrogens is 70.1 g/mol. The molecule has 4 heavy (non-hydrogen) atoms. The van der Waals surface area contributed by atoms with Gasteiger partial charge in [0.25, 0.3) is 0 Å². The van der Waals surface area contributed by atoms with Crippen LogP contribution >= 0.6 is 12.6 Å². The number of nitrogens with one attached hydrogen (secondary N) is 1. The Bertz CT molecular complexity index is 8.00. The smallest absolute Gasteiger partial charge is 0.0384 e. The highest BCUT2D eigenvalue weighted by Gasteiger charge is 1.50. The van der Waals surface area contributed by atoms with E-state index in [9.17, 15) is 0 Å². The fourth-order valence-electron chi connectivity index (χ4n) is 0. The molecule has 0 spiro atoms. The molecule has 0 atom stereocenters. The lowest BCUT2D eigenvalue weighted by atomic mass is 11.3. The van der Waals surface area contributed by atoms with E-state index < -0.39 is 0 Å². The molecule has 26 valence electrons. The van der Waals surface area contributed by atoms with Crippen LogP contribution < -0.4 is 5.32 Å². The van der Waals surface area contributed by atoms with Gasteiger partial charge in [-0.05, 0) is 7.05 Å². The summed E-state index contributed by atoms with van der Waals surface area (Å²) in [5.41, 5.74) is 0. The summed E-state index contributed by atoms with van der Waals surface area (Å²) in [7, 11) is 1.85. The molecule has 0 fully saturated rings. The van der Waals surface area contributed by atoms with Crippen molar-refractivity contribution in [3.05, 3.63) is 0 Å². The first-order chi connectivity index (χ1) is 1.91. The van der Waals surface area contributed by atoms with Gasteiger partial charge in [-0.1, -0.05) is 0 Å². The molecule has 0 aliphatic carbocycles. The van der Waals surface area contributed by atoms with Crippen LogP contribution in [0.2, 0.25) is 0 Å². The quantitative estimate of drug-likeness (QED) is 0.334. The maximum atomic E-state index is 3.81. The molecule has 2 heteroatoms. The second kappa shape index (κ2) is 3.31. The minimum Gasteiger partial charge on any atom is -0.311 e. The van der Waals surface area contributed by atoms with E-state index in [2.05, 4.69) is 17.9 Å². The van der Waals surface area contributed by atoms with Crippen LogP contribution in [0.4, 0.5) is 0 Å². The fraction of sp³-hybridized carbons (Fsp3) is 1.00. The maximum absolute atomic E-state index is 3.81. The monoisotopic (exact) mass is 77.0 g/mol. The zero-order chi connectivity index (χ0) is 3.41. The number of hydrogen-bond donors (Lipinski definition) is 2. The third-order valence-corrected chi connectivity index (χ3v) is 0.474. The van der Waals surface area contributed by atoms with Crippen molar-refractivity contribution in [2.45, 2.75) is 0 Å². The van der Waals surface area contributed by atoms with Gasteiger partial charge in [0.05, 0.1) is 0 Å². The Kier molecular flexibility index (Phi) is 3.57. The number of thiol groups is 1. The van der Waals surface area contributed by atoms with Crippen molar-refractivity contribution < 1.29 is 0 Å². The highest BCUT2D eigenvalue weighted by atomic mass is 32.1. The van der Waals surface area contributed by atoms with Crippen molar-refractivity contribution in [1.29, 1.82) is 0 Å². The summed E-state index contributed by atoms with van der Waals surface area (Å²) in [6, 6.07) is 0. The van der Waals surface area contributed by atoms with Crippen LogP contribution in [0, 0.1) is 0 Å². The van der Waals surface area contributed by atoms with Gasteiger partial charge in [-0.15, -0.1) is 0 Å². The molecule has 0 amide bonds.